The predicted molar refractivity (Wildman–Crippen MR) is 171 cm³/mol. The van der Waals surface area contributed by atoms with Gasteiger partial charge in [0, 0.05) is 24.0 Å². The molecule has 0 saturated heterocycles. The largest absolute Gasteiger partial charge is 2.00 e. The summed E-state index contributed by atoms with van der Waals surface area (Å²) < 4.78 is 0. The van der Waals surface area contributed by atoms with Gasteiger partial charge in [0.15, 0.2) is 12.4 Å². The molecule has 2 aromatic carbocycles. The van der Waals surface area contributed by atoms with E-state index < -0.39 is 0 Å². The molecule has 1 aliphatic carbocycles. The molecule has 4 nitrogen and oxygen atoms in total. The third-order valence-electron chi connectivity index (χ3n) is 8.26. The summed E-state index contributed by atoms with van der Waals surface area (Å²) >= 11 is 0. The monoisotopic (exact) mass is 586 g/mol. The average molecular weight is 587 g/mol. The molecule has 0 heterocycles. The van der Waals surface area contributed by atoms with Crippen molar-refractivity contribution in [1.29, 1.82) is 0 Å². The van der Waals surface area contributed by atoms with Crippen LogP contribution in [0.3, 0.4) is 0 Å². The molecule has 0 aliphatic heterocycles. The second kappa shape index (κ2) is 13.1. The topological polar surface area (TPSA) is 74.1 Å². The van der Waals surface area contributed by atoms with Gasteiger partial charge in [0.25, 0.3) is 0 Å². The van der Waals surface area contributed by atoms with Crippen molar-refractivity contribution < 1.29 is 20.2 Å². The molecule has 1 saturated carbocycles. The molecule has 0 bridgehead atoms. The second-order valence-electron chi connectivity index (χ2n) is 16.0. The van der Waals surface area contributed by atoms with Gasteiger partial charge in [0.2, 0.25) is 12.1 Å². The Morgan fingerprint density at radius 3 is 1.15 bits per heavy atom. The molecule has 220 valence electrons. The maximum absolute atomic E-state index is 13.5. The van der Waals surface area contributed by atoms with E-state index in [4.69, 9.17) is 0 Å². The SMILES string of the molecule is CC(C)(C)c1cc(C=[NH+][C@@H]2CCCC[C@H]2[NH+]=Cc2cc(C(C)(C)C)cc(C(C)(C)C)c2[O-])c([O-])c(C(C)(C)C)c1.[Ca+2]. The van der Waals surface area contributed by atoms with Gasteiger partial charge in [-0.25, -0.2) is 9.98 Å². The first-order chi connectivity index (χ1) is 18.2. The van der Waals surface area contributed by atoms with E-state index in [1.807, 2.05) is 12.4 Å². The van der Waals surface area contributed by atoms with E-state index in [1.165, 1.54) is 11.1 Å². The number of rotatable bonds is 4. The van der Waals surface area contributed by atoms with E-state index in [0.717, 1.165) is 47.9 Å². The second-order valence-corrected chi connectivity index (χ2v) is 16.0. The van der Waals surface area contributed by atoms with Crippen LogP contribution in [0.15, 0.2) is 24.3 Å². The molecule has 0 amide bonds. The third kappa shape index (κ3) is 9.07. The summed E-state index contributed by atoms with van der Waals surface area (Å²) in [6.45, 7) is 25.8. The summed E-state index contributed by atoms with van der Waals surface area (Å²) in [5.41, 5.74) is 4.95. The van der Waals surface area contributed by atoms with Crippen molar-refractivity contribution in [3.05, 3.63) is 57.6 Å². The van der Waals surface area contributed by atoms with Crippen LogP contribution >= 0.6 is 0 Å². The first-order valence-corrected chi connectivity index (χ1v) is 15.1. The molecule has 1 aliphatic rings. The molecule has 5 heteroatoms. The van der Waals surface area contributed by atoms with Crippen molar-refractivity contribution in [3.8, 4) is 11.5 Å². The normalized spacial score (nSPS) is 19.1. The maximum atomic E-state index is 13.5. The predicted octanol–water partition coefficient (Wildman–Crippen LogP) is 3.65. The number of hydrogen-bond acceptors (Lipinski definition) is 2. The molecule has 3 rings (SSSR count). The summed E-state index contributed by atoms with van der Waals surface area (Å²) in [6.07, 6.45) is 8.19. The van der Waals surface area contributed by atoms with Gasteiger partial charge >= 0.3 is 37.7 Å². The van der Waals surface area contributed by atoms with Gasteiger partial charge in [-0.05, 0) is 68.9 Å². The Morgan fingerprint density at radius 2 is 0.878 bits per heavy atom. The van der Waals surface area contributed by atoms with E-state index in [0.29, 0.717) is 0 Å². The van der Waals surface area contributed by atoms with Crippen LogP contribution in [0.5, 0.6) is 11.5 Å². The fraction of sp³-hybridized carbons (Fsp3) is 0.611. The zero-order valence-corrected chi connectivity index (χ0v) is 30.2. The van der Waals surface area contributed by atoms with Crippen LogP contribution in [0.25, 0.3) is 0 Å². The Morgan fingerprint density at radius 1 is 0.561 bits per heavy atom. The van der Waals surface area contributed by atoms with E-state index in [9.17, 15) is 10.2 Å². The van der Waals surface area contributed by atoms with Crippen LogP contribution in [0.4, 0.5) is 0 Å². The van der Waals surface area contributed by atoms with Crippen LogP contribution in [0, 0.1) is 0 Å². The summed E-state index contributed by atoms with van der Waals surface area (Å²) in [5.74, 6) is 0.203. The van der Waals surface area contributed by atoms with Gasteiger partial charge in [-0.2, -0.15) is 0 Å². The van der Waals surface area contributed by atoms with Crippen LogP contribution in [-0.2, 0) is 21.7 Å². The van der Waals surface area contributed by atoms with Gasteiger partial charge in [0.05, 0.1) is 0 Å². The van der Waals surface area contributed by atoms with Gasteiger partial charge in [0.1, 0.15) is 0 Å². The van der Waals surface area contributed by atoms with Crippen LogP contribution in [0.2, 0.25) is 0 Å². The van der Waals surface area contributed by atoms with Gasteiger partial charge in [-0.15, -0.1) is 0 Å². The minimum absolute atomic E-state index is 0. The fourth-order valence-electron chi connectivity index (χ4n) is 5.42. The molecule has 0 spiro atoms. The quantitative estimate of drug-likeness (QED) is 0.424. The Bertz CT molecular complexity index is 1170. The summed E-state index contributed by atoms with van der Waals surface area (Å²) in [5, 5.41) is 27.0. The molecule has 41 heavy (non-hydrogen) atoms. The van der Waals surface area contributed by atoms with Crippen molar-refractivity contribution in [2.24, 2.45) is 0 Å². The van der Waals surface area contributed by atoms with E-state index in [-0.39, 0.29) is 83.0 Å². The number of benzene rings is 2. The third-order valence-corrected chi connectivity index (χ3v) is 8.26. The first kappa shape index (κ1) is 35.8. The van der Waals surface area contributed by atoms with Gasteiger partial charge in [-0.1, -0.05) is 107 Å². The Kier molecular flexibility index (Phi) is 11.5. The average Bonchev–Trinajstić information content (AvgIpc) is 2.80. The molecule has 0 radical (unpaired) electrons. The first-order valence-electron chi connectivity index (χ1n) is 15.1. The van der Waals surface area contributed by atoms with Crippen molar-refractivity contribution in [1.82, 2.24) is 0 Å². The van der Waals surface area contributed by atoms with Crippen LogP contribution in [-0.4, -0.2) is 62.3 Å². The Labute approximate surface area is 280 Å². The molecule has 2 aromatic rings. The Balaban J connectivity index is 0.00000588. The van der Waals surface area contributed by atoms with Crippen molar-refractivity contribution in [2.45, 2.75) is 143 Å². The summed E-state index contributed by atoms with van der Waals surface area (Å²) in [4.78, 5) is 7.25. The minimum Gasteiger partial charge on any atom is -0.872 e. The van der Waals surface area contributed by atoms with E-state index >= 15 is 0 Å². The number of hydrogen-bond donors (Lipinski definition) is 2. The van der Waals surface area contributed by atoms with E-state index in [2.05, 4.69) is 117 Å². The number of nitrogens with one attached hydrogen (secondary N) is 2. The molecule has 2 atom stereocenters. The Hall–Kier alpha value is -1.36. The zero-order chi connectivity index (χ0) is 30.3. The van der Waals surface area contributed by atoms with E-state index in [1.54, 1.807) is 0 Å². The molecule has 1 fully saturated rings. The molecule has 0 unspecified atom stereocenters. The maximum Gasteiger partial charge on any atom is 2.00 e. The molecular formula is C36H54CaN2O2+2. The summed E-state index contributed by atoms with van der Waals surface area (Å²) in [6, 6.07) is 8.64. The minimum atomic E-state index is -0.228. The fourth-order valence-corrected chi connectivity index (χ4v) is 5.42. The van der Waals surface area contributed by atoms with Crippen LogP contribution in [0.1, 0.15) is 142 Å². The molecule has 2 N–H and O–H groups in total. The van der Waals surface area contributed by atoms with Crippen molar-refractivity contribution >= 4 is 50.2 Å². The summed E-state index contributed by atoms with van der Waals surface area (Å²) in [7, 11) is 0. The van der Waals surface area contributed by atoms with Crippen molar-refractivity contribution in [3.63, 3.8) is 0 Å². The van der Waals surface area contributed by atoms with Gasteiger partial charge < -0.3 is 10.2 Å². The van der Waals surface area contributed by atoms with Crippen molar-refractivity contribution in [2.75, 3.05) is 0 Å². The van der Waals surface area contributed by atoms with Gasteiger partial charge in [-0.3, -0.25) is 0 Å². The zero-order valence-electron chi connectivity index (χ0n) is 28.0. The molecule has 0 aromatic heterocycles. The standard InChI is InChI=1S/C36H54N2O2.Ca/c1-33(2,3)25-17-23(31(39)27(19-25)35(7,8)9)21-37-29-15-13-14-16-30(29)38-22-24-18-26(34(4,5)6)20-28(32(24)40)36(10,11)12;/h17-22,29-30,39-40H,13-16H2,1-12H3;/q;+2/t29-,30-;/m1./s1. The van der Waals surface area contributed by atoms with Crippen LogP contribution < -0.4 is 20.2 Å². The molecular weight excluding hydrogens is 532 g/mol. The smallest absolute Gasteiger partial charge is 0.872 e.